The summed E-state index contributed by atoms with van der Waals surface area (Å²) in [5, 5.41) is 8.92. The van der Waals surface area contributed by atoms with E-state index in [9.17, 15) is 4.79 Å². The van der Waals surface area contributed by atoms with Crippen LogP contribution < -0.4 is 9.64 Å². The van der Waals surface area contributed by atoms with Crippen LogP contribution in [0.15, 0.2) is 42.5 Å². The summed E-state index contributed by atoms with van der Waals surface area (Å²) < 4.78 is 5.79. The fourth-order valence-electron chi connectivity index (χ4n) is 3.40. The minimum atomic E-state index is 0.0860. The fraction of sp³-hybridized carbons (Fsp3) is 0.300. The zero-order valence-electron chi connectivity index (χ0n) is 13.9. The van der Waals surface area contributed by atoms with E-state index >= 15 is 0 Å². The molecule has 5 heteroatoms. The average molecular weight is 333 g/mol. The Hall–Kier alpha value is -3.00. The highest BCUT2D eigenvalue weighted by molar-refractivity contribution is 5.95. The molecule has 126 valence electrons. The largest absolute Gasteiger partial charge is 0.471 e. The van der Waals surface area contributed by atoms with E-state index in [1.165, 1.54) is 6.42 Å². The van der Waals surface area contributed by atoms with Crippen LogP contribution >= 0.6 is 0 Å². The summed E-state index contributed by atoms with van der Waals surface area (Å²) >= 11 is 0. The van der Waals surface area contributed by atoms with Crippen LogP contribution in [0, 0.1) is 11.3 Å². The Morgan fingerprint density at radius 3 is 2.52 bits per heavy atom. The van der Waals surface area contributed by atoms with Gasteiger partial charge in [0, 0.05) is 24.3 Å². The highest BCUT2D eigenvalue weighted by atomic mass is 16.5. The maximum Gasteiger partial charge on any atom is 0.253 e. The van der Waals surface area contributed by atoms with Gasteiger partial charge in [-0.1, -0.05) is 0 Å². The van der Waals surface area contributed by atoms with Gasteiger partial charge in [-0.2, -0.15) is 5.26 Å². The van der Waals surface area contributed by atoms with Crippen LogP contribution in [0.25, 0.3) is 0 Å². The standard InChI is InChI=1S/C20H19N3O2/c21-13-15-4-7-17(8-5-15)23-14-25-19-12-16(6-9-18(19)23)20(24)22-10-2-1-3-11-22/h4-9,12H,1-3,10-11,14H2. The number of carbonyl (C=O) groups excluding carboxylic acids is 1. The Labute approximate surface area is 147 Å². The summed E-state index contributed by atoms with van der Waals surface area (Å²) in [4.78, 5) is 16.6. The predicted octanol–water partition coefficient (Wildman–Crippen LogP) is 3.67. The van der Waals surface area contributed by atoms with Crippen molar-refractivity contribution in [1.29, 1.82) is 5.26 Å². The quantitative estimate of drug-likeness (QED) is 0.841. The van der Waals surface area contributed by atoms with Crippen molar-refractivity contribution in [1.82, 2.24) is 4.90 Å². The van der Waals surface area contributed by atoms with E-state index < -0.39 is 0 Å². The Kier molecular flexibility index (Phi) is 4.02. The molecule has 0 radical (unpaired) electrons. The van der Waals surface area contributed by atoms with Crippen molar-refractivity contribution in [2.45, 2.75) is 19.3 Å². The Morgan fingerprint density at radius 2 is 1.80 bits per heavy atom. The molecular weight excluding hydrogens is 314 g/mol. The number of benzene rings is 2. The summed E-state index contributed by atoms with van der Waals surface area (Å²) in [6.07, 6.45) is 3.37. The van der Waals surface area contributed by atoms with E-state index in [4.69, 9.17) is 10.00 Å². The molecule has 0 saturated carbocycles. The Morgan fingerprint density at radius 1 is 1.04 bits per heavy atom. The molecule has 1 fully saturated rings. The lowest BCUT2D eigenvalue weighted by Crippen LogP contribution is -2.35. The number of nitriles is 1. The lowest BCUT2D eigenvalue weighted by atomic mass is 10.1. The van der Waals surface area contributed by atoms with Crippen molar-refractivity contribution < 1.29 is 9.53 Å². The van der Waals surface area contributed by atoms with Crippen molar-refractivity contribution in [2.75, 3.05) is 24.7 Å². The highest BCUT2D eigenvalue weighted by Gasteiger charge is 2.25. The van der Waals surface area contributed by atoms with Gasteiger partial charge < -0.3 is 14.5 Å². The third-order valence-corrected chi connectivity index (χ3v) is 4.80. The second-order valence-corrected chi connectivity index (χ2v) is 6.40. The molecule has 2 heterocycles. The molecule has 2 aliphatic heterocycles. The molecule has 5 nitrogen and oxygen atoms in total. The molecule has 0 atom stereocenters. The first-order chi connectivity index (χ1) is 12.3. The van der Waals surface area contributed by atoms with Crippen LogP contribution in [0.4, 0.5) is 11.4 Å². The van der Waals surface area contributed by atoms with Crippen LogP contribution in [0.5, 0.6) is 5.75 Å². The first-order valence-electron chi connectivity index (χ1n) is 8.60. The van der Waals surface area contributed by atoms with Gasteiger partial charge in [0.05, 0.1) is 17.3 Å². The molecule has 0 unspecified atom stereocenters. The van der Waals surface area contributed by atoms with Gasteiger partial charge in [0.1, 0.15) is 5.75 Å². The van der Waals surface area contributed by atoms with Crippen molar-refractivity contribution in [2.24, 2.45) is 0 Å². The molecule has 0 bridgehead atoms. The van der Waals surface area contributed by atoms with Crippen LogP contribution in [0.3, 0.4) is 0 Å². The molecule has 0 aromatic heterocycles. The Balaban J connectivity index is 1.57. The molecule has 0 N–H and O–H groups in total. The summed E-state index contributed by atoms with van der Waals surface area (Å²) in [7, 11) is 0. The second-order valence-electron chi connectivity index (χ2n) is 6.40. The zero-order chi connectivity index (χ0) is 17.2. The molecule has 0 aliphatic carbocycles. The molecule has 25 heavy (non-hydrogen) atoms. The monoisotopic (exact) mass is 333 g/mol. The molecule has 2 aromatic rings. The summed E-state index contributed by atoms with van der Waals surface area (Å²) in [6.45, 7) is 2.09. The Bertz CT molecular complexity index is 833. The van der Waals surface area contributed by atoms with E-state index in [1.807, 2.05) is 40.1 Å². The summed E-state index contributed by atoms with van der Waals surface area (Å²) in [5.41, 5.74) is 3.22. The topological polar surface area (TPSA) is 56.6 Å². The number of likely N-dealkylation sites (tertiary alicyclic amines) is 1. The minimum absolute atomic E-state index is 0.0860. The number of carbonyl (C=O) groups is 1. The first-order valence-corrected chi connectivity index (χ1v) is 8.60. The van der Waals surface area contributed by atoms with Crippen molar-refractivity contribution in [3.63, 3.8) is 0 Å². The number of amides is 1. The number of rotatable bonds is 2. The third kappa shape index (κ3) is 2.91. The van der Waals surface area contributed by atoms with E-state index in [-0.39, 0.29) is 5.91 Å². The van der Waals surface area contributed by atoms with E-state index in [1.54, 1.807) is 12.1 Å². The van der Waals surface area contributed by atoms with Crippen LogP contribution in [0.1, 0.15) is 35.2 Å². The van der Waals surface area contributed by atoms with Crippen molar-refractivity contribution >= 4 is 17.3 Å². The number of hydrogen-bond acceptors (Lipinski definition) is 4. The number of fused-ring (bicyclic) bond motifs is 1. The zero-order valence-corrected chi connectivity index (χ0v) is 13.9. The molecule has 1 saturated heterocycles. The summed E-state index contributed by atoms with van der Waals surface area (Å²) in [5.74, 6) is 0.815. The number of hydrogen-bond donors (Lipinski definition) is 0. The van der Waals surface area contributed by atoms with Gasteiger partial charge in [-0.05, 0) is 61.7 Å². The fourth-order valence-corrected chi connectivity index (χ4v) is 3.40. The summed E-state index contributed by atoms with van der Waals surface area (Å²) in [6, 6.07) is 15.2. The van der Waals surface area contributed by atoms with Crippen molar-refractivity contribution in [3.8, 4) is 11.8 Å². The van der Waals surface area contributed by atoms with Gasteiger partial charge in [0.25, 0.3) is 5.91 Å². The second kappa shape index (κ2) is 6.48. The lowest BCUT2D eigenvalue weighted by molar-refractivity contribution is 0.0724. The number of anilines is 2. The molecule has 2 aromatic carbocycles. The van der Waals surface area contributed by atoms with Gasteiger partial charge in [-0.15, -0.1) is 0 Å². The van der Waals surface area contributed by atoms with E-state index in [2.05, 4.69) is 6.07 Å². The molecule has 1 amide bonds. The first kappa shape index (κ1) is 15.5. The normalized spacial score (nSPS) is 16.1. The number of piperidine rings is 1. The average Bonchev–Trinajstić information content (AvgIpc) is 3.11. The number of ether oxygens (including phenoxy) is 1. The van der Waals surface area contributed by atoms with Crippen LogP contribution in [-0.2, 0) is 0 Å². The van der Waals surface area contributed by atoms with Crippen LogP contribution in [-0.4, -0.2) is 30.6 Å². The maximum absolute atomic E-state index is 12.6. The third-order valence-electron chi connectivity index (χ3n) is 4.80. The van der Waals surface area contributed by atoms with E-state index in [0.717, 1.165) is 43.1 Å². The SMILES string of the molecule is N#Cc1ccc(N2COc3cc(C(=O)N4CCCCC4)ccc32)cc1. The van der Waals surface area contributed by atoms with Gasteiger partial charge in [0.2, 0.25) is 0 Å². The molecular formula is C20H19N3O2. The van der Waals surface area contributed by atoms with Gasteiger partial charge in [-0.25, -0.2) is 0 Å². The maximum atomic E-state index is 12.6. The number of nitrogens with zero attached hydrogens (tertiary/aromatic N) is 3. The van der Waals surface area contributed by atoms with Gasteiger partial charge in [0.15, 0.2) is 6.73 Å². The van der Waals surface area contributed by atoms with E-state index in [0.29, 0.717) is 17.9 Å². The smallest absolute Gasteiger partial charge is 0.253 e. The predicted molar refractivity (Wildman–Crippen MR) is 95.0 cm³/mol. The minimum Gasteiger partial charge on any atom is -0.471 e. The highest BCUT2D eigenvalue weighted by Crippen LogP contribution is 2.39. The van der Waals surface area contributed by atoms with Crippen LogP contribution in [0.2, 0.25) is 0 Å². The van der Waals surface area contributed by atoms with Gasteiger partial charge >= 0.3 is 0 Å². The molecule has 4 rings (SSSR count). The molecule has 2 aliphatic rings. The van der Waals surface area contributed by atoms with Crippen molar-refractivity contribution in [3.05, 3.63) is 53.6 Å². The van der Waals surface area contributed by atoms with Gasteiger partial charge in [-0.3, -0.25) is 4.79 Å². The lowest BCUT2D eigenvalue weighted by Gasteiger charge is -2.26. The molecule has 0 spiro atoms.